The molecule has 1 aliphatic heterocycles. The van der Waals surface area contributed by atoms with Gasteiger partial charge in [-0.2, -0.15) is 0 Å². The second kappa shape index (κ2) is 19.2. The van der Waals surface area contributed by atoms with Crippen molar-refractivity contribution in [3.05, 3.63) is 48.2 Å². The number of hydrogen-bond acceptors (Lipinski definition) is 4. The molecule has 1 aliphatic rings. The van der Waals surface area contributed by atoms with Gasteiger partial charge >= 0.3 is 0 Å². The summed E-state index contributed by atoms with van der Waals surface area (Å²) in [5, 5.41) is 0. The highest BCUT2D eigenvalue weighted by molar-refractivity contribution is 5.60. The van der Waals surface area contributed by atoms with E-state index in [1.807, 2.05) is 18.3 Å². The first kappa shape index (κ1) is 30.6. The minimum absolute atomic E-state index is 0.297. The van der Waals surface area contributed by atoms with E-state index in [2.05, 4.69) is 43.1 Å². The maximum absolute atomic E-state index is 6.06. The van der Waals surface area contributed by atoms with Gasteiger partial charge in [0.2, 0.25) is 0 Å². The van der Waals surface area contributed by atoms with Gasteiger partial charge in [-0.1, -0.05) is 110 Å². The van der Waals surface area contributed by atoms with Gasteiger partial charge < -0.3 is 14.2 Å². The van der Waals surface area contributed by atoms with E-state index in [-0.39, 0.29) is 6.29 Å². The van der Waals surface area contributed by atoms with Gasteiger partial charge in [-0.15, -0.1) is 0 Å². The first-order valence-electron chi connectivity index (χ1n) is 15.7. The molecule has 0 aliphatic carbocycles. The molecule has 0 saturated carbocycles. The van der Waals surface area contributed by atoms with Crippen LogP contribution in [0.2, 0.25) is 0 Å². The molecule has 0 N–H and O–H groups in total. The molecule has 0 bridgehead atoms. The zero-order valence-corrected chi connectivity index (χ0v) is 24.3. The van der Waals surface area contributed by atoms with Crippen molar-refractivity contribution in [1.29, 1.82) is 0 Å². The number of unbranched alkanes of at least 4 members (excludes halogenated alkanes) is 13. The summed E-state index contributed by atoms with van der Waals surface area (Å²) >= 11 is 0. The van der Waals surface area contributed by atoms with Gasteiger partial charge in [0.15, 0.2) is 6.29 Å². The second-order valence-electron chi connectivity index (χ2n) is 11.1. The molecule has 212 valence electrons. The molecular formula is C34H53NO3. The Morgan fingerprint density at radius 2 is 1.26 bits per heavy atom. The molecule has 1 aromatic carbocycles. The van der Waals surface area contributed by atoms with E-state index in [4.69, 9.17) is 14.2 Å². The number of aromatic nitrogens is 1. The van der Waals surface area contributed by atoms with Gasteiger partial charge in [-0.25, -0.2) is 0 Å². The molecule has 38 heavy (non-hydrogen) atoms. The van der Waals surface area contributed by atoms with Crippen LogP contribution in [0, 0.1) is 5.92 Å². The molecule has 1 saturated heterocycles. The quantitative estimate of drug-likeness (QED) is 0.162. The summed E-state index contributed by atoms with van der Waals surface area (Å²) in [6.45, 7) is 6.89. The van der Waals surface area contributed by atoms with E-state index in [1.165, 1.54) is 96.3 Å². The fraction of sp³-hybridized carbons (Fsp3) is 0.676. The normalized spacial score (nSPS) is 17.5. The molecular weight excluding hydrogens is 470 g/mol. The monoisotopic (exact) mass is 523 g/mol. The van der Waals surface area contributed by atoms with E-state index < -0.39 is 0 Å². The summed E-state index contributed by atoms with van der Waals surface area (Å²) in [4.78, 5) is 4.69. The van der Waals surface area contributed by atoms with Crippen molar-refractivity contribution >= 4 is 0 Å². The van der Waals surface area contributed by atoms with Crippen molar-refractivity contribution in [2.45, 2.75) is 123 Å². The summed E-state index contributed by atoms with van der Waals surface area (Å²) in [7, 11) is 0. The predicted molar refractivity (Wildman–Crippen MR) is 159 cm³/mol. The fourth-order valence-corrected chi connectivity index (χ4v) is 5.16. The minimum Gasteiger partial charge on any atom is -0.494 e. The number of nitrogens with zero attached hydrogens (tertiary/aromatic N) is 1. The van der Waals surface area contributed by atoms with Crippen LogP contribution >= 0.6 is 0 Å². The van der Waals surface area contributed by atoms with Gasteiger partial charge in [-0.3, -0.25) is 4.98 Å². The van der Waals surface area contributed by atoms with E-state index in [9.17, 15) is 0 Å². The topological polar surface area (TPSA) is 40.6 Å². The maximum Gasteiger partial charge on any atom is 0.185 e. The fourth-order valence-electron chi connectivity index (χ4n) is 5.16. The number of rotatable bonds is 20. The molecule has 3 rings (SSSR count). The van der Waals surface area contributed by atoms with Crippen molar-refractivity contribution in [3.63, 3.8) is 0 Å². The molecule has 0 radical (unpaired) electrons. The van der Waals surface area contributed by atoms with Crippen molar-refractivity contribution in [1.82, 2.24) is 4.98 Å². The van der Waals surface area contributed by atoms with Gasteiger partial charge in [0.25, 0.3) is 0 Å². The molecule has 0 atom stereocenters. The van der Waals surface area contributed by atoms with Gasteiger partial charge in [0, 0.05) is 23.2 Å². The highest BCUT2D eigenvalue weighted by Crippen LogP contribution is 2.29. The third-order valence-electron chi connectivity index (χ3n) is 7.66. The Morgan fingerprint density at radius 1 is 0.684 bits per heavy atom. The number of ether oxygens (including phenoxy) is 3. The van der Waals surface area contributed by atoms with E-state index in [1.54, 1.807) is 0 Å². The Kier molecular flexibility index (Phi) is 15.5. The molecule has 2 heterocycles. The first-order valence-corrected chi connectivity index (χ1v) is 15.7. The minimum atomic E-state index is -0.297. The van der Waals surface area contributed by atoms with Crippen LogP contribution in [0.5, 0.6) is 5.75 Å². The second-order valence-corrected chi connectivity index (χ2v) is 11.1. The van der Waals surface area contributed by atoms with Crippen LogP contribution < -0.4 is 4.74 Å². The Morgan fingerprint density at radius 3 is 1.84 bits per heavy atom. The number of pyridine rings is 1. The lowest BCUT2D eigenvalue weighted by atomic mass is 10.0. The van der Waals surface area contributed by atoms with Crippen molar-refractivity contribution < 1.29 is 14.2 Å². The van der Waals surface area contributed by atoms with Crippen LogP contribution in [-0.4, -0.2) is 24.8 Å². The standard InChI is InChI=1S/C34H53NO3/c1-3-5-7-9-11-12-14-16-18-29-27-37-34(38-28-29)31-21-24-33(35-26-31)30-19-22-32(23-20-30)36-25-17-15-13-10-8-6-4-2/h19-24,26,29,34H,3-18,25,27-28H2,1-2H3/t29-,34-. The smallest absolute Gasteiger partial charge is 0.185 e. The maximum atomic E-state index is 6.06. The molecule has 0 unspecified atom stereocenters. The SMILES string of the molecule is CCCCCCCCCC[C@H]1CO[C@H](c2ccc(-c3ccc(OCCCCCCCCC)cc3)nc2)OC1. The summed E-state index contributed by atoms with van der Waals surface area (Å²) < 4.78 is 18.1. The van der Waals surface area contributed by atoms with Crippen LogP contribution in [0.3, 0.4) is 0 Å². The van der Waals surface area contributed by atoms with E-state index in [0.29, 0.717) is 5.92 Å². The van der Waals surface area contributed by atoms with Gasteiger partial charge in [-0.05, 0) is 43.2 Å². The predicted octanol–water partition coefficient (Wildman–Crippen LogP) is 10.1. The molecule has 1 aromatic heterocycles. The Labute approximate surface area is 232 Å². The highest BCUT2D eigenvalue weighted by Gasteiger charge is 2.23. The van der Waals surface area contributed by atoms with Crippen LogP contribution in [0.15, 0.2) is 42.6 Å². The Hall–Kier alpha value is -1.91. The summed E-state index contributed by atoms with van der Waals surface area (Å²) in [5.41, 5.74) is 3.04. The zero-order chi connectivity index (χ0) is 26.7. The third kappa shape index (κ3) is 11.9. The molecule has 0 spiro atoms. The van der Waals surface area contributed by atoms with Crippen LogP contribution in [-0.2, 0) is 9.47 Å². The van der Waals surface area contributed by atoms with Crippen LogP contribution in [0.1, 0.15) is 128 Å². The van der Waals surface area contributed by atoms with Crippen LogP contribution in [0.4, 0.5) is 0 Å². The van der Waals surface area contributed by atoms with Crippen molar-refractivity contribution in [2.24, 2.45) is 5.92 Å². The summed E-state index contributed by atoms with van der Waals surface area (Å²) in [6, 6.07) is 12.4. The van der Waals surface area contributed by atoms with Crippen molar-refractivity contribution in [2.75, 3.05) is 19.8 Å². The molecule has 1 fully saturated rings. The number of hydrogen-bond donors (Lipinski definition) is 0. The Bertz CT molecular complexity index is 828. The lowest BCUT2D eigenvalue weighted by Gasteiger charge is -2.29. The average molecular weight is 524 g/mol. The van der Waals surface area contributed by atoms with Gasteiger partial charge in [0.05, 0.1) is 25.5 Å². The summed E-state index contributed by atoms with van der Waals surface area (Å²) in [5.74, 6) is 1.45. The molecule has 0 amide bonds. The van der Waals surface area contributed by atoms with E-state index in [0.717, 1.165) is 48.8 Å². The lowest BCUT2D eigenvalue weighted by molar-refractivity contribution is -0.206. The van der Waals surface area contributed by atoms with E-state index >= 15 is 0 Å². The molecule has 2 aromatic rings. The summed E-state index contributed by atoms with van der Waals surface area (Å²) in [6.07, 6.45) is 22.8. The highest BCUT2D eigenvalue weighted by atomic mass is 16.7. The number of benzene rings is 1. The van der Waals surface area contributed by atoms with Crippen molar-refractivity contribution in [3.8, 4) is 17.0 Å². The molecule has 4 nitrogen and oxygen atoms in total. The van der Waals surface area contributed by atoms with Gasteiger partial charge in [0.1, 0.15) is 5.75 Å². The zero-order valence-electron chi connectivity index (χ0n) is 24.3. The lowest BCUT2D eigenvalue weighted by Crippen LogP contribution is -2.27. The third-order valence-corrected chi connectivity index (χ3v) is 7.66. The molecule has 4 heteroatoms. The Balaban J connectivity index is 1.30. The first-order chi connectivity index (χ1) is 18.8. The average Bonchev–Trinajstić information content (AvgIpc) is 2.97. The van der Waals surface area contributed by atoms with Crippen LogP contribution in [0.25, 0.3) is 11.3 Å². The largest absolute Gasteiger partial charge is 0.494 e.